The molecule has 2 aromatic rings. The van der Waals surface area contributed by atoms with E-state index in [1.54, 1.807) is 38.1 Å². The maximum absolute atomic E-state index is 9.43. The predicted octanol–water partition coefficient (Wildman–Crippen LogP) is 3.03. The minimum atomic E-state index is 0.698. The Morgan fingerprint density at radius 3 is 2.42 bits per heavy atom. The molecule has 3 heterocycles. The number of aliphatic hydroxyl groups excluding tert-OH is 1. The summed E-state index contributed by atoms with van der Waals surface area (Å²) in [7, 11) is 4.38. The Balaban J connectivity index is 0.000000304. The number of benzene rings is 1. The maximum Gasteiger partial charge on any atom is 0.209 e. The van der Waals surface area contributed by atoms with Gasteiger partial charge in [0.25, 0.3) is 0 Å². The van der Waals surface area contributed by atoms with Crippen LogP contribution in [0.25, 0.3) is 27.6 Å². The van der Waals surface area contributed by atoms with Gasteiger partial charge in [-0.15, -0.1) is 11.3 Å². The van der Waals surface area contributed by atoms with Gasteiger partial charge in [0, 0.05) is 31.1 Å². The Kier molecular flexibility index (Phi) is 7.19. The van der Waals surface area contributed by atoms with Gasteiger partial charge >= 0.3 is 0 Å². The van der Waals surface area contributed by atoms with E-state index in [1.807, 2.05) is 12.1 Å². The van der Waals surface area contributed by atoms with Gasteiger partial charge in [0.1, 0.15) is 23.2 Å². The van der Waals surface area contributed by atoms with Gasteiger partial charge in [-0.25, -0.2) is 15.0 Å². The molecule has 9 heteroatoms. The van der Waals surface area contributed by atoms with E-state index in [-0.39, 0.29) is 0 Å². The summed E-state index contributed by atoms with van der Waals surface area (Å²) in [5.74, 6) is 0.698. The summed E-state index contributed by atoms with van der Waals surface area (Å²) in [6.07, 6.45) is 4.11. The first-order valence-corrected chi connectivity index (χ1v) is 9.15. The number of halogens is 1. The van der Waals surface area contributed by atoms with Crippen molar-refractivity contribution < 1.29 is 9.90 Å². The van der Waals surface area contributed by atoms with Crippen molar-refractivity contribution in [3.05, 3.63) is 46.8 Å². The zero-order chi connectivity index (χ0) is 19.1. The number of aromatic nitrogens is 4. The van der Waals surface area contributed by atoms with Crippen LogP contribution in [-0.4, -0.2) is 57.0 Å². The molecule has 0 saturated heterocycles. The van der Waals surface area contributed by atoms with Crippen LogP contribution in [0, 0.1) is 0 Å². The molecule has 2 aliphatic heterocycles. The lowest BCUT2D eigenvalue weighted by atomic mass is 10.2. The van der Waals surface area contributed by atoms with Crippen molar-refractivity contribution in [2.24, 2.45) is 0 Å². The van der Waals surface area contributed by atoms with E-state index in [0.29, 0.717) is 5.82 Å². The number of fused-ring (bicyclic) bond motifs is 3. The molecule has 0 saturated carbocycles. The van der Waals surface area contributed by atoms with Crippen LogP contribution in [0.1, 0.15) is 0 Å². The van der Waals surface area contributed by atoms with Crippen molar-refractivity contribution in [3.8, 4) is 22.8 Å². The number of carbonyl (C=O) groups is 1. The zero-order valence-electron chi connectivity index (χ0n) is 14.5. The highest BCUT2D eigenvalue weighted by Gasteiger charge is 2.15. The zero-order valence-corrected chi connectivity index (χ0v) is 16.9. The van der Waals surface area contributed by atoms with Gasteiger partial charge in [0.05, 0.1) is 5.69 Å². The molecule has 0 radical (unpaired) electrons. The SMILES string of the molecule is Brc1ccc(-c2csc3c4ncnc-4ncn23)cc1.CN(C)C=O.CO. The van der Waals surface area contributed by atoms with Crippen molar-refractivity contribution >= 4 is 38.5 Å². The van der Waals surface area contributed by atoms with Gasteiger partial charge in [-0.2, -0.15) is 0 Å². The number of carbonyl (C=O) groups excluding carboxylic acids is 1. The number of rotatable bonds is 2. The summed E-state index contributed by atoms with van der Waals surface area (Å²) in [6.45, 7) is 0. The first kappa shape index (κ1) is 20.0. The second-order valence-corrected chi connectivity index (χ2v) is 6.94. The van der Waals surface area contributed by atoms with E-state index in [1.165, 1.54) is 4.90 Å². The molecule has 0 spiro atoms. The number of amides is 1. The topological polar surface area (TPSA) is 83.6 Å². The lowest BCUT2D eigenvalue weighted by Crippen LogP contribution is -2.06. The summed E-state index contributed by atoms with van der Waals surface area (Å²) in [5, 5.41) is 9.12. The molecule has 1 aromatic heterocycles. The van der Waals surface area contributed by atoms with Gasteiger partial charge in [0.2, 0.25) is 6.41 Å². The van der Waals surface area contributed by atoms with Crippen LogP contribution in [0.4, 0.5) is 0 Å². The molecular weight excluding hydrogens is 418 g/mol. The van der Waals surface area contributed by atoms with E-state index in [2.05, 4.69) is 52.8 Å². The van der Waals surface area contributed by atoms with E-state index in [4.69, 9.17) is 5.11 Å². The number of thiazole rings is 1. The maximum atomic E-state index is 9.43. The van der Waals surface area contributed by atoms with E-state index in [9.17, 15) is 4.79 Å². The van der Waals surface area contributed by atoms with E-state index >= 15 is 0 Å². The summed E-state index contributed by atoms with van der Waals surface area (Å²) < 4.78 is 3.13. The smallest absolute Gasteiger partial charge is 0.209 e. The van der Waals surface area contributed by atoms with Crippen molar-refractivity contribution in [2.75, 3.05) is 21.2 Å². The first-order chi connectivity index (χ1) is 12.6. The van der Waals surface area contributed by atoms with Crippen LogP contribution < -0.4 is 0 Å². The van der Waals surface area contributed by atoms with Crippen LogP contribution in [0.3, 0.4) is 0 Å². The van der Waals surface area contributed by atoms with Gasteiger partial charge < -0.3 is 10.0 Å². The molecule has 1 aromatic carbocycles. The largest absolute Gasteiger partial charge is 0.400 e. The first-order valence-electron chi connectivity index (χ1n) is 7.48. The van der Waals surface area contributed by atoms with Crippen LogP contribution in [0.15, 0.2) is 46.8 Å². The number of imidazole rings is 1. The average molecular weight is 436 g/mol. The van der Waals surface area contributed by atoms with Crippen molar-refractivity contribution in [1.82, 2.24) is 24.3 Å². The third-order valence-electron chi connectivity index (χ3n) is 3.19. The molecule has 4 rings (SSSR count). The molecule has 2 aliphatic rings. The van der Waals surface area contributed by atoms with Crippen LogP contribution >= 0.6 is 27.3 Å². The molecule has 7 nitrogen and oxygen atoms in total. The molecule has 0 unspecified atom stereocenters. The third-order valence-corrected chi connectivity index (χ3v) is 4.67. The number of nitrogens with zero attached hydrogens (tertiary/aromatic N) is 5. The fourth-order valence-electron chi connectivity index (χ4n) is 2.06. The van der Waals surface area contributed by atoms with Gasteiger partial charge in [-0.05, 0) is 17.7 Å². The fraction of sp³-hybridized carbons (Fsp3) is 0.176. The molecule has 1 N–H and O–H groups in total. The highest BCUT2D eigenvalue weighted by atomic mass is 79.9. The Labute approximate surface area is 163 Å². The van der Waals surface area contributed by atoms with Gasteiger partial charge in [-0.3, -0.25) is 9.20 Å². The molecule has 136 valence electrons. The number of hydrogen-bond donors (Lipinski definition) is 1. The molecule has 0 bridgehead atoms. The molecule has 1 amide bonds. The average Bonchev–Trinajstić information content (AvgIpc) is 3.30. The van der Waals surface area contributed by atoms with Gasteiger partial charge in [-0.1, -0.05) is 28.1 Å². The minimum Gasteiger partial charge on any atom is -0.400 e. The quantitative estimate of drug-likeness (QED) is 0.489. The predicted molar refractivity (Wildman–Crippen MR) is 106 cm³/mol. The lowest BCUT2D eigenvalue weighted by molar-refractivity contribution is -0.115. The monoisotopic (exact) mass is 435 g/mol. The Morgan fingerprint density at radius 2 is 1.81 bits per heavy atom. The molecule has 0 fully saturated rings. The normalized spacial score (nSPS) is 9.88. The van der Waals surface area contributed by atoms with Crippen LogP contribution in [0.2, 0.25) is 0 Å². The standard InChI is InChI=1S/C13H7BrN4S.C3H7NO.CH4O/c14-9-3-1-8(2-4-9)10-5-19-13-11-12(16-6-15-11)17-7-18(10)13;1-4(2)3-5;1-2/h1-7H;3H,1-2H3;2H,1H3. The van der Waals surface area contributed by atoms with E-state index < -0.39 is 0 Å². The highest BCUT2D eigenvalue weighted by molar-refractivity contribution is 9.10. The number of hydrogen-bond acceptors (Lipinski definition) is 6. The summed E-state index contributed by atoms with van der Waals surface area (Å²) in [5.41, 5.74) is 3.13. The minimum absolute atomic E-state index is 0.698. The second kappa shape index (κ2) is 9.37. The Hall–Kier alpha value is -2.36. The Bertz CT molecular complexity index is 936. The molecule has 26 heavy (non-hydrogen) atoms. The summed E-state index contributed by atoms with van der Waals surface area (Å²) in [6, 6.07) is 8.24. The molecular formula is C17H18BrN5O2S. The second-order valence-electron chi connectivity index (χ2n) is 5.16. The lowest BCUT2D eigenvalue weighted by Gasteiger charge is -2.03. The van der Waals surface area contributed by atoms with Crippen molar-refractivity contribution in [1.29, 1.82) is 0 Å². The summed E-state index contributed by atoms with van der Waals surface area (Å²) >= 11 is 5.11. The molecule has 0 aliphatic carbocycles. The number of aliphatic hydroxyl groups is 1. The fourth-order valence-corrected chi connectivity index (χ4v) is 3.32. The van der Waals surface area contributed by atoms with Crippen LogP contribution in [-0.2, 0) is 4.79 Å². The Morgan fingerprint density at radius 1 is 1.15 bits per heavy atom. The van der Waals surface area contributed by atoms with Crippen LogP contribution in [0.5, 0.6) is 0 Å². The molecule has 0 atom stereocenters. The third kappa shape index (κ3) is 4.43. The van der Waals surface area contributed by atoms with E-state index in [0.717, 1.165) is 39.8 Å². The van der Waals surface area contributed by atoms with Crippen molar-refractivity contribution in [3.63, 3.8) is 0 Å². The highest BCUT2D eigenvalue weighted by Crippen LogP contribution is 2.31. The summed E-state index contributed by atoms with van der Waals surface area (Å²) in [4.78, 5) is 24.7. The van der Waals surface area contributed by atoms with Gasteiger partial charge in [0.15, 0.2) is 5.82 Å². The van der Waals surface area contributed by atoms with Crippen molar-refractivity contribution in [2.45, 2.75) is 0 Å².